The van der Waals surface area contributed by atoms with Gasteiger partial charge in [0.15, 0.2) is 10.1 Å². The summed E-state index contributed by atoms with van der Waals surface area (Å²) >= 11 is 18.4. The number of halogens is 3. The number of carbonyl (C=O) groups is 2. The molecule has 5 aromatic rings. The molecule has 0 saturated carbocycles. The van der Waals surface area contributed by atoms with Crippen LogP contribution in [0.15, 0.2) is 75.2 Å². The molecule has 1 fully saturated rings. The summed E-state index contributed by atoms with van der Waals surface area (Å²) in [6.07, 6.45) is 1.84. The molecule has 2 aromatic carbocycles. The van der Waals surface area contributed by atoms with Gasteiger partial charge in [-0.15, -0.1) is 10.2 Å². The van der Waals surface area contributed by atoms with Crippen molar-refractivity contribution < 1.29 is 14.7 Å². The lowest BCUT2D eigenvalue weighted by atomic mass is 9.96. The van der Waals surface area contributed by atoms with Gasteiger partial charge in [0.2, 0.25) is 5.13 Å². The van der Waals surface area contributed by atoms with E-state index < -0.39 is 17.7 Å². The van der Waals surface area contributed by atoms with E-state index in [0.717, 1.165) is 15.6 Å². The minimum Gasteiger partial charge on any atom is -0.505 e. The fraction of sp³-hybridized carbons (Fsp3) is 0.138. The number of nitrogens with zero attached hydrogens (tertiary/aromatic N) is 5. The van der Waals surface area contributed by atoms with E-state index in [4.69, 9.17) is 23.2 Å². The van der Waals surface area contributed by atoms with Crippen LogP contribution >= 0.6 is 62.2 Å². The molecule has 1 unspecified atom stereocenters. The number of aryl methyl sites for hydroxylation is 2. The highest BCUT2D eigenvalue weighted by atomic mass is 79.9. The number of anilines is 1. The van der Waals surface area contributed by atoms with Gasteiger partial charge in [-0.1, -0.05) is 86.5 Å². The number of fused-ring (bicyclic) bond motifs is 1. The first-order valence-electron chi connectivity index (χ1n) is 12.6. The molecule has 0 spiro atoms. The van der Waals surface area contributed by atoms with Gasteiger partial charge in [-0.05, 0) is 60.9 Å². The van der Waals surface area contributed by atoms with E-state index in [1.807, 2.05) is 41.8 Å². The van der Waals surface area contributed by atoms with Crippen LogP contribution in [0.4, 0.5) is 5.13 Å². The van der Waals surface area contributed by atoms with Crippen molar-refractivity contribution in [1.82, 2.24) is 19.6 Å². The zero-order chi connectivity index (χ0) is 29.7. The van der Waals surface area contributed by atoms with Crippen LogP contribution in [0.5, 0.6) is 0 Å². The number of benzene rings is 2. The first-order chi connectivity index (χ1) is 20.1. The number of hydrogen-bond acceptors (Lipinski definition) is 8. The second-order valence-electron chi connectivity index (χ2n) is 9.53. The van der Waals surface area contributed by atoms with Gasteiger partial charge in [-0.2, -0.15) is 0 Å². The number of rotatable bonds is 6. The smallest absolute Gasteiger partial charge is 0.301 e. The molecule has 0 radical (unpaired) electrons. The topological polar surface area (TPSA) is 101 Å². The van der Waals surface area contributed by atoms with Gasteiger partial charge in [0.1, 0.15) is 11.3 Å². The molecule has 42 heavy (non-hydrogen) atoms. The van der Waals surface area contributed by atoms with Crippen LogP contribution in [-0.2, 0) is 15.3 Å². The van der Waals surface area contributed by atoms with E-state index in [1.165, 1.54) is 28.0 Å². The second-order valence-corrected chi connectivity index (χ2v) is 13.5. The third-order valence-corrected chi connectivity index (χ3v) is 10.1. The van der Waals surface area contributed by atoms with E-state index in [0.29, 0.717) is 37.0 Å². The van der Waals surface area contributed by atoms with Crippen molar-refractivity contribution in [3.8, 4) is 0 Å². The molecule has 1 aliphatic rings. The fourth-order valence-corrected chi connectivity index (χ4v) is 7.68. The molecule has 1 saturated heterocycles. The average Bonchev–Trinajstić information content (AvgIpc) is 3.63. The zero-order valence-corrected chi connectivity index (χ0v) is 26.7. The number of ketones is 1. The molecule has 0 aliphatic carbocycles. The summed E-state index contributed by atoms with van der Waals surface area (Å²) in [4.78, 5) is 33.2. The number of thioether (sulfide) groups is 1. The van der Waals surface area contributed by atoms with E-state index >= 15 is 0 Å². The fourth-order valence-electron chi connectivity index (χ4n) is 4.83. The minimum atomic E-state index is -0.954. The molecule has 3 aromatic heterocycles. The highest BCUT2D eigenvalue weighted by Gasteiger charge is 2.49. The Morgan fingerprint density at radius 1 is 1.10 bits per heavy atom. The van der Waals surface area contributed by atoms with Crippen LogP contribution in [-0.4, -0.2) is 36.4 Å². The quantitative estimate of drug-likeness (QED) is 0.0635. The number of Topliss-reactive ketones (excluding diaryl/α,β-unsaturated/α-hetero) is 1. The average molecular weight is 701 g/mol. The molecule has 1 N–H and O–H groups in total. The summed E-state index contributed by atoms with van der Waals surface area (Å²) in [5.74, 6) is -1.49. The Morgan fingerprint density at radius 2 is 1.90 bits per heavy atom. The third kappa shape index (κ3) is 5.13. The van der Waals surface area contributed by atoms with E-state index in [9.17, 15) is 14.7 Å². The Kier molecular flexibility index (Phi) is 7.88. The van der Waals surface area contributed by atoms with Crippen LogP contribution in [0.2, 0.25) is 10.0 Å². The Bertz CT molecular complexity index is 1940. The van der Waals surface area contributed by atoms with E-state index in [-0.39, 0.29) is 22.2 Å². The van der Waals surface area contributed by atoms with E-state index in [1.54, 1.807) is 37.3 Å². The summed E-state index contributed by atoms with van der Waals surface area (Å²) in [7, 11) is 0. The number of carbonyl (C=O) groups excluding carboxylic acids is 2. The highest BCUT2D eigenvalue weighted by Crippen LogP contribution is 2.45. The maximum Gasteiger partial charge on any atom is 0.301 e. The summed E-state index contributed by atoms with van der Waals surface area (Å²) in [5.41, 5.74) is 3.84. The molecular formula is C29H20BrCl2N5O3S2. The molecule has 0 bridgehead atoms. The standard InChI is InChI=1S/C29H20BrCl2N5O3S2/c1-14-5-4-10-36-15(2)22(33-26(14)36)24(38)21-23(16-6-3-7-18(30)11-16)37(27(40)25(21)39)28-34-35-29(42-28)41-13-17-8-9-19(31)12-20(17)32/h3-12,23,38H,13H2,1-2H3/b24-21+. The van der Waals surface area contributed by atoms with Crippen molar-refractivity contribution in [2.75, 3.05) is 4.90 Å². The Hall–Kier alpha value is -3.22. The maximum absolute atomic E-state index is 13.6. The van der Waals surface area contributed by atoms with E-state index in [2.05, 4.69) is 31.1 Å². The van der Waals surface area contributed by atoms with Gasteiger partial charge in [0, 0.05) is 26.5 Å². The number of aliphatic hydroxyl groups is 1. The number of hydrogen-bond donors (Lipinski definition) is 1. The van der Waals surface area contributed by atoms with Gasteiger partial charge >= 0.3 is 5.91 Å². The van der Waals surface area contributed by atoms with Gasteiger partial charge in [0.05, 0.1) is 17.3 Å². The normalized spacial score (nSPS) is 16.6. The second kappa shape index (κ2) is 11.5. The lowest BCUT2D eigenvalue weighted by Gasteiger charge is -2.22. The predicted molar refractivity (Wildman–Crippen MR) is 170 cm³/mol. The molecule has 1 aliphatic heterocycles. The van der Waals surface area contributed by atoms with Crippen molar-refractivity contribution in [2.24, 2.45) is 0 Å². The molecule has 1 atom stereocenters. The van der Waals surface area contributed by atoms with Gasteiger partial charge in [-0.3, -0.25) is 14.5 Å². The van der Waals surface area contributed by atoms with Crippen LogP contribution in [0, 0.1) is 13.8 Å². The van der Waals surface area contributed by atoms with Crippen molar-refractivity contribution >= 4 is 90.5 Å². The Balaban J connectivity index is 1.43. The largest absolute Gasteiger partial charge is 0.505 e. The number of amides is 1. The van der Waals surface area contributed by atoms with Gasteiger partial charge in [-0.25, -0.2) is 4.98 Å². The molecule has 6 rings (SSSR count). The minimum absolute atomic E-state index is 0.0698. The first-order valence-corrected chi connectivity index (χ1v) is 15.9. The number of aromatic nitrogens is 4. The third-order valence-electron chi connectivity index (χ3n) is 6.89. The van der Waals surface area contributed by atoms with Gasteiger partial charge < -0.3 is 9.51 Å². The number of aliphatic hydroxyl groups excluding tert-OH is 1. The summed E-state index contributed by atoms with van der Waals surface area (Å²) in [5, 5.41) is 21.5. The van der Waals surface area contributed by atoms with Crippen LogP contribution < -0.4 is 4.90 Å². The van der Waals surface area contributed by atoms with Crippen LogP contribution in [0.1, 0.15) is 34.1 Å². The lowest BCUT2D eigenvalue weighted by Crippen LogP contribution is -2.29. The molecule has 212 valence electrons. The Morgan fingerprint density at radius 3 is 2.64 bits per heavy atom. The monoisotopic (exact) mass is 699 g/mol. The molecule has 13 heteroatoms. The Labute approximate surface area is 267 Å². The maximum atomic E-state index is 13.6. The molecule has 8 nitrogen and oxygen atoms in total. The molecule has 4 heterocycles. The zero-order valence-electron chi connectivity index (χ0n) is 22.0. The van der Waals surface area contributed by atoms with Gasteiger partial charge in [0.25, 0.3) is 5.78 Å². The van der Waals surface area contributed by atoms with Crippen LogP contribution in [0.25, 0.3) is 11.4 Å². The molecule has 1 amide bonds. The SMILES string of the molecule is Cc1cccn2c(C)c(/C(O)=C3\C(=O)C(=O)N(c4nnc(SCc5ccc(Cl)cc5Cl)s4)C3c3cccc(Br)c3)nc12. The molecular weight excluding hydrogens is 681 g/mol. The summed E-state index contributed by atoms with van der Waals surface area (Å²) in [6.45, 7) is 3.72. The van der Waals surface area contributed by atoms with Crippen molar-refractivity contribution in [1.29, 1.82) is 0 Å². The summed E-state index contributed by atoms with van der Waals surface area (Å²) in [6, 6.07) is 15.4. The van der Waals surface area contributed by atoms with Crippen LogP contribution in [0.3, 0.4) is 0 Å². The summed E-state index contributed by atoms with van der Waals surface area (Å²) < 4.78 is 3.17. The van der Waals surface area contributed by atoms with Crippen molar-refractivity contribution in [3.63, 3.8) is 0 Å². The first kappa shape index (κ1) is 28.9. The lowest BCUT2D eigenvalue weighted by molar-refractivity contribution is -0.132. The van der Waals surface area contributed by atoms with Crippen molar-refractivity contribution in [3.05, 3.63) is 109 Å². The highest BCUT2D eigenvalue weighted by molar-refractivity contribution is 9.10. The van der Waals surface area contributed by atoms with Crippen molar-refractivity contribution in [2.45, 2.75) is 30.0 Å². The number of imidazole rings is 1. The number of pyridine rings is 1. The predicted octanol–water partition coefficient (Wildman–Crippen LogP) is 7.79.